The molecular weight excluding hydrogens is 212 g/mol. The molecule has 1 fully saturated rings. The highest BCUT2D eigenvalue weighted by Gasteiger charge is 2.56. The predicted molar refractivity (Wildman–Crippen MR) is 55.5 cm³/mol. The molecule has 0 bridgehead atoms. The summed E-state index contributed by atoms with van der Waals surface area (Å²) in [5, 5.41) is 9.87. The molecule has 1 atom stereocenters. The third-order valence-corrected chi connectivity index (χ3v) is 2.41. The number of ether oxygens (including phenoxy) is 2. The van der Waals surface area contributed by atoms with E-state index in [-0.39, 0.29) is 12.7 Å². The maximum Gasteiger partial charge on any atom is 0.323 e. The molecule has 0 heterocycles. The molecule has 5 heteroatoms. The third-order valence-electron chi connectivity index (χ3n) is 2.41. The zero-order valence-electron chi connectivity index (χ0n) is 9.86. The van der Waals surface area contributed by atoms with Crippen LogP contribution in [0.5, 0.6) is 0 Å². The van der Waals surface area contributed by atoms with Crippen LogP contribution in [0.15, 0.2) is 0 Å². The Morgan fingerprint density at radius 2 is 1.88 bits per heavy atom. The Balaban J connectivity index is 2.72. The zero-order chi connectivity index (χ0) is 12.3. The summed E-state index contributed by atoms with van der Waals surface area (Å²) in [5.74, 6) is -2.60. The molecule has 1 N–H and O–H groups in total. The molecule has 0 saturated heterocycles. The van der Waals surface area contributed by atoms with Crippen LogP contribution in [0.3, 0.4) is 0 Å². The summed E-state index contributed by atoms with van der Waals surface area (Å²) in [5.41, 5.74) is -1.25. The highest BCUT2D eigenvalue weighted by Crippen LogP contribution is 2.43. The molecule has 0 aromatic heterocycles. The lowest BCUT2D eigenvalue weighted by Crippen LogP contribution is -2.40. The fourth-order valence-electron chi connectivity index (χ4n) is 1.48. The summed E-state index contributed by atoms with van der Waals surface area (Å²) in [6.07, 6.45) is 0.555. The number of esters is 2. The van der Waals surface area contributed by atoms with E-state index in [9.17, 15) is 14.7 Å². The van der Waals surface area contributed by atoms with Crippen molar-refractivity contribution in [1.82, 2.24) is 0 Å². The van der Waals surface area contributed by atoms with Crippen molar-refractivity contribution in [3.05, 3.63) is 0 Å². The summed E-state index contributed by atoms with van der Waals surface area (Å²) < 4.78 is 9.72. The average molecular weight is 230 g/mol. The van der Waals surface area contributed by atoms with Crippen molar-refractivity contribution in [2.24, 2.45) is 5.92 Å². The summed E-state index contributed by atoms with van der Waals surface area (Å²) in [6.45, 7) is 5.22. The summed E-state index contributed by atoms with van der Waals surface area (Å²) in [4.78, 5) is 23.2. The first-order chi connectivity index (χ1) is 7.40. The first-order valence-corrected chi connectivity index (χ1v) is 5.50. The van der Waals surface area contributed by atoms with E-state index in [0.29, 0.717) is 12.8 Å². The summed E-state index contributed by atoms with van der Waals surface area (Å²) in [7, 11) is 0. The smallest absolute Gasteiger partial charge is 0.323 e. The second kappa shape index (κ2) is 4.82. The number of aliphatic hydroxyl groups is 1. The van der Waals surface area contributed by atoms with Gasteiger partial charge in [0.1, 0.15) is 0 Å². The van der Waals surface area contributed by atoms with Crippen molar-refractivity contribution in [3.8, 4) is 0 Å². The van der Waals surface area contributed by atoms with Gasteiger partial charge in [0.15, 0.2) is 5.92 Å². The van der Waals surface area contributed by atoms with E-state index in [1.165, 1.54) is 0 Å². The van der Waals surface area contributed by atoms with Gasteiger partial charge < -0.3 is 14.6 Å². The Hall–Kier alpha value is -1.10. The Bertz CT molecular complexity index is 280. The molecule has 1 aliphatic rings. The first-order valence-electron chi connectivity index (χ1n) is 5.50. The number of hydrogen-bond acceptors (Lipinski definition) is 5. The molecule has 0 aliphatic heterocycles. The predicted octanol–water partition coefficient (Wildman–Crippen LogP) is 0.642. The van der Waals surface area contributed by atoms with Crippen LogP contribution < -0.4 is 0 Å². The van der Waals surface area contributed by atoms with Gasteiger partial charge in [0.25, 0.3) is 0 Å². The van der Waals surface area contributed by atoms with Gasteiger partial charge >= 0.3 is 11.9 Å². The summed E-state index contributed by atoms with van der Waals surface area (Å²) in [6, 6.07) is 0. The minimum atomic E-state index is -1.25. The zero-order valence-corrected chi connectivity index (χ0v) is 9.86. The van der Waals surface area contributed by atoms with Crippen LogP contribution in [0.4, 0.5) is 0 Å². The SMILES string of the molecule is CCOC(=O)C(C(=O)OC(C)C)C1(O)CC1. The minimum absolute atomic E-state index is 0.181. The van der Waals surface area contributed by atoms with Crippen LogP contribution in [-0.4, -0.2) is 35.4 Å². The molecule has 1 unspecified atom stereocenters. The summed E-state index contributed by atoms with van der Waals surface area (Å²) >= 11 is 0. The van der Waals surface area contributed by atoms with E-state index >= 15 is 0 Å². The van der Waals surface area contributed by atoms with E-state index < -0.39 is 23.5 Å². The van der Waals surface area contributed by atoms with Gasteiger partial charge in [-0.2, -0.15) is 0 Å². The van der Waals surface area contributed by atoms with Crippen LogP contribution in [0.25, 0.3) is 0 Å². The van der Waals surface area contributed by atoms with Crippen molar-refractivity contribution < 1.29 is 24.2 Å². The molecule has 92 valence electrons. The minimum Gasteiger partial charge on any atom is -0.465 e. The van der Waals surface area contributed by atoms with Gasteiger partial charge in [0.05, 0.1) is 18.3 Å². The molecule has 1 aliphatic carbocycles. The highest BCUT2D eigenvalue weighted by molar-refractivity contribution is 5.97. The van der Waals surface area contributed by atoms with Gasteiger partial charge in [-0.15, -0.1) is 0 Å². The molecule has 1 saturated carbocycles. The van der Waals surface area contributed by atoms with Gasteiger partial charge in [-0.1, -0.05) is 0 Å². The van der Waals surface area contributed by atoms with Crippen LogP contribution in [0.1, 0.15) is 33.6 Å². The van der Waals surface area contributed by atoms with E-state index in [0.717, 1.165) is 0 Å². The number of hydrogen-bond donors (Lipinski definition) is 1. The lowest BCUT2D eigenvalue weighted by molar-refractivity contribution is -0.170. The van der Waals surface area contributed by atoms with Crippen LogP contribution in [-0.2, 0) is 19.1 Å². The Morgan fingerprint density at radius 3 is 2.25 bits per heavy atom. The molecule has 0 aromatic rings. The molecule has 5 nitrogen and oxygen atoms in total. The molecule has 0 amide bonds. The molecule has 16 heavy (non-hydrogen) atoms. The van der Waals surface area contributed by atoms with Gasteiger partial charge in [-0.25, -0.2) is 0 Å². The lowest BCUT2D eigenvalue weighted by atomic mass is 10.0. The van der Waals surface area contributed by atoms with Gasteiger partial charge in [0, 0.05) is 0 Å². The second-order valence-electron chi connectivity index (χ2n) is 4.27. The number of carbonyl (C=O) groups is 2. The molecule has 0 aromatic carbocycles. The van der Waals surface area contributed by atoms with Crippen LogP contribution in [0.2, 0.25) is 0 Å². The largest absolute Gasteiger partial charge is 0.465 e. The molecule has 0 radical (unpaired) electrons. The maximum absolute atomic E-state index is 11.7. The van der Waals surface area contributed by atoms with E-state index in [2.05, 4.69) is 0 Å². The lowest BCUT2D eigenvalue weighted by Gasteiger charge is -2.20. The van der Waals surface area contributed by atoms with E-state index in [1.807, 2.05) is 0 Å². The monoisotopic (exact) mass is 230 g/mol. The normalized spacial score (nSPS) is 19.1. The van der Waals surface area contributed by atoms with Crippen LogP contribution in [0, 0.1) is 5.92 Å². The van der Waals surface area contributed by atoms with Crippen LogP contribution >= 0.6 is 0 Å². The Labute approximate surface area is 94.7 Å². The fraction of sp³-hybridized carbons (Fsp3) is 0.818. The van der Waals surface area contributed by atoms with Crippen molar-refractivity contribution in [1.29, 1.82) is 0 Å². The fourth-order valence-corrected chi connectivity index (χ4v) is 1.48. The van der Waals surface area contributed by atoms with E-state index in [1.54, 1.807) is 20.8 Å². The number of carbonyl (C=O) groups excluding carboxylic acids is 2. The Kier molecular flexibility index (Phi) is 3.91. The molecule has 1 rings (SSSR count). The maximum atomic E-state index is 11.7. The highest BCUT2D eigenvalue weighted by atomic mass is 16.6. The standard InChI is InChI=1S/C11H18O5/c1-4-15-9(12)8(11(14)5-6-11)10(13)16-7(2)3/h7-8,14H,4-6H2,1-3H3. The molecule has 0 spiro atoms. The number of rotatable bonds is 5. The second-order valence-corrected chi connectivity index (χ2v) is 4.27. The quantitative estimate of drug-likeness (QED) is 0.554. The van der Waals surface area contributed by atoms with Crippen molar-refractivity contribution in [2.45, 2.75) is 45.3 Å². The average Bonchev–Trinajstić information content (AvgIpc) is 2.82. The van der Waals surface area contributed by atoms with Crippen molar-refractivity contribution in [3.63, 3.8) is 0 Å². The van der Waals surface area contributed by atoms with Gasteiger partial charge in [0.2, 0.25) is 0 Å². The van der Waals surface area contributed by atoms with Crippen molar-refractivity contribution in [2.75, 3.05) is 6.61 Å². The Morgan fingerprint density at radius 1 is 1.31 bits per heavy atom. The van der Waals surface area contributed by atoms with Gasteiger partial charge in [-0.3, -0.25) is 9.59 Å². The topological polar surface area (TPSA) is 72.8 Å². The van der Waals surface area contributed by atoms with Crippen molar-refractivity contribution >= 4 is 11.9 Å². The van der Waals surface area contributed by atoms with Gasteiger partial charge in [-0.05, 0) is 33.6 Å². The molecular formula is C11H18O5. The third kappa shape index (κ3) is 2.95. The van der Waals surface area contributed by atoms with E-state index in [4.69, 9.17) is 9.47 Å². The first kappa shape index (κ1) is 13.0.